The molecular weight excluding hydrogens is 288 g/mol. The summed E-state index contributed by atoms with van der Waals surface area (Å²) in [4.78, 5) is 14.9. The van der Waals surface area contributed by atoms with Gasteiger partial charge in [0.2, 0.25) is 0 Å². The number of likely N-dealkylation sites (tertiary alicyclic amines) is 1. The predicted molar refractivity (Wildman–Crippen MR) is 87.9 cm³/mol. The molecule has 1 aliphatic heterocycles. The summed E-state index contributed by atoms with van der Waals surface area (Å²) in [6.45, 7) is 2.66. The molecule has 1 aromatic rings. The molecule has 2 fully saturated rings. The molecule has 1 amide bonds. The van der Waals surface area contributed by atoms with Gasteiger partial charge in [-0.15, -0.1) is 0 Å². The van der Waals surface area contributed by atoms with E-state index in [1.54, 1.807) is 24.3 Å². The summed E-state index contributed by atoms with van der Waals surface area (Å²) in [7, 11) is 0. The van der Waals surface area contributed by atoms with E-state index in [1.165, 1.54) is 25.7 Å². The normalized spacial score (nSPS) is 22.8. The molecule has 2 atom stereocenters. The second-order valence-corrected chi connectivity index (χ2v) is 6.69. The van der Waals surface area contributed by atoms with Crippen LogP contribution < -0.4 is 4.74 Å². The van der Waals surface area contributed by atoms with E-state index < -0.39 is 6.10 Å². The third-order valence-corrected chi connectivity index (χ3v) is 5.15. The third-order valence-electron chi connectivity index (χ3n) is 5.15. The van der Waals surface area contributed by atoms with Gasteiger partial charge in [-0.25, -0.2) is 0 Å². The van der Waals surface area contributed by atoms with Gasteiger partial charge in [-0.05, 0) is 56.7 Å². The van der Waals surface area contributed by atoms with Gasteiger partial charge in [-0.1, -0.05) is 18.9 Å². The van der Waals surface area contributed by atoms with Crippen LogP contribution in [0.3, 0.4) is 0 Å². The fourth-order valence-corrected chi connectivity index (χ4v) is 4.03. The van der Waals surface area contributed by atoms with Crippen molar-refractivity contribution in [3.8, 4) is 11.8 Å². The zero-order chi connectivity index (χ0) is 16.2. The first-order valence-corrected chi connectivity index (χ1v) is 8.66. The predicted octanol–water partition coefficient (Wildman–Crippen LogP) is 3.51. The average Bonchev–Trinajstić information content (AvgIpc) is 3.25. The molecule has 0 bridgehead atoms. The van der Waals surface area contributed by atoms with Gasteiger partial charge in [0.25, 0.3) is 5.91 Å². The van der Waals surface area contributed by atoms with Gasteiger partial charge >= 0.3 is 0 Å². The van der Waals surface area contributed by atoms with Gasteiger partial charge in [0.1, 0.15) is 5.75 Å². The Morgan fingerprint density at radius 3 is 2.83 bits per heavy atom. The lowest BCUT2D eigenvalue weighted by Crippen LogP contribution is -2.45. The number of benzene rings is 1. The van der Waals surface area contributed by atoms with Gasteiger partial charge in [0.05, 0.1) is 11.6 Å². The van der Waals surface area contributed by atoms with Crippen LogP contribution in [-0.4, -0.2) is 29.5 Å². The minimum atomic E-state index is -0.508. The summed E-state index contributed by atoms with van der Waals surface area (Å²) < 4.78 is 5.80. The quantitative estimate of drug-likeness (QED) is 0.855. The van der Waals surface area contributed by atoms with Crippen molar-refractivity contribution in [2.24, 2.45) is 5.92 Å². The maximum atomic E-state index is 12.8. The second kappa shape index (κ2) is 7.04. The van der Waals surface area contributed by atoms with E-state index >= 15 is 0 Å². The molecule has 0 spiro atoms. The van der Waals surface area contributed by atoms with Gasteiger partial charge in [-0.2, -0.15) is 5.26 Å². The summed E-state index contributed by atoms with van der Waals surface area (Å²) in [5.74, 6) is 1.35. The van der Waals surface area contributed by atoms with E-state index in [9.17, 15) is 4.79 Å². The third kappa shape index (κ3) is 3.50. The smallest absolute Gasteiger partial charge is 0.263 e. The van der Waals surface area contributed by atoms with Crippen LogP contribution >= 0.6 is 0 Å². The zero-order valence-electron chi connectivity index (χ0n) is 13.7. The van der Waals surface area contributed by atoms with Crippen molar-refractivity contribution >= 4 is 5.91 Å². The number of nitrogens with zero attached hydrogens (tertiary/aromatic N) is 2. The van der Waals surface area contributed by atoms with Crippen molar-refractivity contribution in [3.63, 3.8) is 0 Å². The lowest BCUT2D eigenvalue weighted by atomic mass is 9.96. The Morgan fingerprint density at radius 1 is 1.30 bits per heavy atom. The van der Waals surface area contributed by atoms with Crippen LogP contribution in [0.25, 0.3) is 0 Å². The summed E-state index contributed by atoms with van der Waals surface area (Å²) >= 11 is 0. The molecule has 23 heavy (non-hydrogen) atoms. The van der Waals surface area contributed by atoms with E-state index in [1.807, 2.05) is 6.92 Å². The number of ether oxygens (including phenoxy) is 1. The molecule has 1 aliphatic carbocycles. The van der Waals surface area contributed by atoms with Crippen molar-refractivity contribution in [1.82, 2.24) is 4.90 Å². The number of nitriles is 1. The Labute approximate surface area is 138 Å². The monoisotopic (exact) mass is 312 g/mol. The summed E-state index contributed by atoms with van der Waals surface area (Å²) in [6, 6.07) is 9.49. The Balaban J connectivity index is 1.65. The number of hydrogen-bond donors (Lipinski definition) is 0. The van der Waals surface area contributed by atoms with Crippen LogP contribution in [0.1, 0.15) is 51.0 Å². The van der Waals surface area contributed by atoms with Crippen LogP contribution in [-0.2, 0) is 4.79 Å². The molecule has 122 valence electrons. The first kappa shape index (κ1) is 15.9. The SMILES string of the molecule is CC(Oc1cccc(C#N)c1)C(=O)N1CCCC1C1CCCC1. The molecule has 2 aliphatic rings. The highest BCUT2D eigenvalue weighted by Gasteiger charge is 2.37. The maximum Gasteiger partial charge on any atom is 0.263 e. The molecule has 1 saturated heterocycles. The zero-order valence-corrected chi connectivity index (χ0v) is 13.7. The molecule has 1 heterocycles. The molecule has 0 N–H and O–H groups in total. The Bertz CT molecular complexity index is 602. The molecule has 4 heteroatoms. The topological polar surface area (TPSA) is 53.3 Å². The first-order valence-electron chi connectivity index (χ1n) is 8.66. The summed E-state index contributed by atoms with van der Waals surface area (Å²) in [6.07, 6.45) is 6.84. The maximum absolute atomic E-state index is 12.8. The van der Waals surface area contributed by atoms with Crippen molar-refractivity contribution in [2.75, 3.05) is 6.54 Å². The van der Waals surface area contributed by atoms with Crippen LogP contribution in [0.4, 0.5) is 0 Å². The van der Waals surface area contributed by atoms with Gasteiger partial charge in [-0.3, -0.25) is 4.79 Å². The van der Waals surface area contributed by atoms with E-state index in [0.717, 1.165) is 19.4 Å². The molecule has 0 aromatic heterocycles. The van der Waals surface area contributed by atoms with Crippen molar-refractivity contribution in [2.45, 2.75) is 57.6 Å². The van der Waals surface area contributed by atoms with Gasteiger partial charge < -0.3 is 9.64 Å². The number of carbonyl (C=O) groups is 1. The highest BCUT2D eigenvalue weighted by atomic mass is 16.5. The van der Waals surface area contributed by atoms with Gasteiger partial charge in [0, 0.05) is 12.6 Å². The lowest BCUT2D eigenvalue weighted by Gasteiger charge is -2.31. The molecule has 3 rings (SSSR count). The number of hydrogen-bond acceptors (Lipinski definition) is 3. The Morgan fingerprint density at radius 2 is 2.09 bits per heavy atom. The fraction of sp³-hybridized carbons (Fsp3) is 0.579. The molecule has 0 radical (unpaired) electrons. The summed E-state index contributed by atoms with van der Waals surface area (Å²) in [5.41, 5.74) is 0.548. The first-order chi connectivity index (χ1) is 11.2. The van der Waals surface area contributed by atoms with E-state index in [-0.39, 0.29) is 5.91 Å². The molecule has 1 saturated carbocycles. The second-order valence-electron chi connectivity index (χ2n) is 6.69. The minimum Gasteiger partial charge on any atom is -0.481 e. The average molecular weight is 312 g/mol. The van der Waals surface area contributed by atoms with E-state index in [0.29, 0.717) is 23.3 Å². The summed E-state index contributed by atoms with van der Waals surface area (Å²) in [5, 5.41) is 8.95. The van der Waals surface area contributed by atoms with Crippen molar-refractivity contribution in [1.29, 1.82) is 5.26 Å². The van der Waals surface area contributed by atoms with Crippen LogP contribution in [0.5, 0.6) is 5.75 Å². The van der Waals surface area contributed by atoms with Crippen LogP contribution in [0, 0.1) is 17.2 Å². The number of rotatable bonds is 4. The lowest BCUT2D eigenvalue weighted by molar-refractivity contribution is -0.139. The molecule has 4 nitrogen and oxygen atoms in total. The molecule has 1 aromatic carbocycles. The van der Waals surface area contributed by atoms with Crippen molar-refractivity contribution < 1.29 is 9.53 Å². The minimum absolute atomic E-state index is 0.0850. The standard InChI is InChI=1S/C19H24N2O2/c1-14(23-17-9-4-6-15(12-17)13-20)19(22)21-11-5-10-18(21)16-7-2-3-8-16/h4,6,9,12,14,16,18H,2-3,5,7-8,10-11H2,1H3. The number of amides is 1. The van der Waals surface area contributed by atoms with Crippen LogP contribution in [0.15, 0.2) is 24.3 Å². The number of carbonyl (C=O) groups excluding carboxylic acids is 1. The largest absolute Gasteiger partial charge is 0.481 e. The highest BCUT2D eigenvalue weighted by Crippen LogP contribution is 2.35. The highest BCUT2D eigenvalue weighted by molar-refractivity contribution is 5.81. The van der Waals surface area contributed by atoms with E-state index in [2.05, 4.69) is 11.0 Å². The Kier molecular flexibility index (Phi) is 4.85. The van der Waals surface area contributed by atoms with Crippen LogP contribution in [0.2, 0.25) is 0 Å². The van der Waals surface area contributed by atoms with E-state index in [4.69, 9.17) is 10.00 Å². The Hall–Kier alpha value is -2.02. The van der Waals surface area contributed by atoms with Crippen molar-refractivity contribution in [3.05, 3.63) is 29.8 Å². The molecular formula is C19H24N2O2. The fourth-order valence-electron chi connectivity index (χ4n) is 4.03. The molecule has 2 unspecified atom stereocenters. The van der Waals surface area contributed by atoms with Gasteiger partial charge in [0.15, 0.2) is 6.10 Å².